The smallest absolute Gasteiger partial charge is 0.338 e. The lowest BCUT2D eigenvalue weighted by Gasteiger charge is -2.32. The zero-order chi connectivity index (χ0) is 20.9. The Kier molecular flexibility index (Phi) is 7.03. The van der Waals surface area contributed by atoms with Gasteiger partial charge in [0.25, 0.3) is 0 Å². The third-order valence-corrected chi connectivity index (χ3v) is 5.24. The van der Waals surface area contributed by atoms with E-state index in [1.165, 1.54) is 17.7 Å². The van der Waals surface area contributed by atoms with Crippen LogP contribution in [0.15, 0.2) is 48.5 Å². The van der Waals surface area contributed by atoms with Crippen molar-refractivity contribution in [3.63, 3.8) is 0 Å². The Labute approximate surface area is 173 Å². The second kappa shape index (κ2) is 9.50. The average Bonchev–Trinajstić information content (AvgIpc) is 2.67. The summed E-state index contributed by atoms with van der Waals surface area (Å²) in [5.74, 6) is 0.345. The van der Waals surface area contributed by atoms with Crippen LogP contribution in [0.1, 0.15) is 24.0 Å². The SMILES string of the molecule is O=C(NCC1CCN(Cc2cccc(Cl)c2)CC1)Nc1cccc(C(F)(F)F)c1. The van der Waals surface area contributed by atoms with Crippen LogP contribution in [0.25, 0.3) is 0 Å². The van der Waals surface area contributed by atoms with Crippen LogP contribution in [0.3, 0.4) is 0 Å². The first-order chi connectivity index (χ1) is 13.8. The summed E-state index contributed by atoms with van der Waals surface area (Å²) in [6.45, 7) is 3.19. The molecule has 156 valence electrons. The van der Waals surface area contributed by atoms with Gasteiger partial charge in [-0.3, -0.25) is 4.90 Å². The van der Waals surface area contributed by atoms with Gasteiger partial charge in [0, 0.05) is 23.8 Å². The van der Waals surface area contributed by atoms with E-state index in [2.05, 4.69) is 21.6 Å². The molecule has 1 aliphatic heterocycles. The maximum Gasteiger partial charge on any atom is 0.416 e. The number of amides is 2. The standard InChI is InChI=1S/C21H23ClF3N3O/c22-18-5-1-3-16(11-18)14-28-9-7-15(8-10-28)13-26-20(29)27-19-6-2-4-17(12-19)21(23,24)25/h1-6,11-12,15H,7-10,13-14H2,(H2,26,27,29). The zero-order valence-electron chi connectivity index (χ0n) is 15.8. The number of carbonyl (C=O) groups is 1. The number of piperidine rings is 1. The highest BCUT2D eigenvalue weighted by atomic mass is 35.5. The van der Waals surface area contributed by atoms with E-state index in [1.807, 2.05) is 18.2 Å². The molecule has 4 nitrogen and oxygen atoms in total. The van der Waals surface area contributed by atoms with Gasteiger partial charge in [0.15, 0.2) is 0 Å². The van der Waals surface area contributed by atoms with Crippen LogP contribution in [0, 0.1) is 5.92 Å². The predicted octanol–water partition coefficient (Wildman–Crippen LogP) is 5.39. The Balaban J connectivity index is 1.40. The molecule has 29 heavy (non-hydrogen) atoms. The Morgan fingerprint density at radius 2 is 1.83 bits per heavy atom. The molecule has 0 atom stereocenters. The fraction of sp³-hybridized carbons (Fsp3) is 0.381. The number of hydrogen-bond acceptors (Lipinski definition) is 2. The van der Waals surface area contributed by atoms with Crippen LogP contribution in [0.4, 0.5) is 23.7 Å². The number of halogens is 4. The van der Waals surface area contributed by atoms with Gasteiger partial charge < -0.3 is 10.6 Å². The van der Waals surface area contributed by atoms with E-state index in [0.29, 0.717) is 12.5 Å². The Bertz CT molecular complexity index is 836. The van der Waals surface area contributed by atoms with E-state index in [4.69, 9.17) is 11.6 Å². The monoisotopic (exact) mass is 425 g/mol. The van der Waals surface area contributed by atoms with Crippen LogP contribution in [-0.2, 0) is 12.7 Å². The van der Waals surface area contributed by atoms with Gasteiger partial charge in [-0.2, -0.15) is 13.2 Å². The Morgan fingerprint density at radius 1 is 1.10 bits per heavy atom. The van der Waals surface area contributed by atoms with Gasteiger partial charge in [0.1, 0.15) is 0 Å². The third kappa shape index (κ3) is 6.65. The molecule has 0 bridgehead atoms. The second-order valence-electron chi connectivity index (χ2n) is 7.26. The number of urea groups is 1. The average molecular weight is 426 g/mol. The Hall–Kier alpha value is -2.25. The molecule has 8 heteroatoms. The van der Waals surface area contributed by atoms with Gasteiger partial charge >= 0.3 is 12.2 Å². The van der Waals surface area contributed by atoms with Crippen LogP contribution in [-0.4, -0.2) is 30.6 Å². The van der Waals surface area contributed by atoms with Gasteiger partial charge in [-0.25, -0.2) is 4.79 Å². The van der Waals surface area contributed by atoms with E-state index < -0.39 is 17.8 Å². The van der Waals surface area contributed by atoms with E-state index >= 15 is 0 Å². The highest BCUT2D eigenvalue weighted by molar-refractivity contribution is 6.30. The van der Waals surface area contributed by atoms with E-state index in [0.717, 1.165) is 49.6 Å². The molecule has 3 rings (SSSR count). The lowest BCUT2D eigenvalue weighted by Crippen LogP contribution is -2.39. The van der Waals surface area contributed by atoms with E-state index in [-0.39, 0.29) is 5.69 Å². The highest BCUT2D eigenvalue weighted by Gasteiger charge is 2.30. The summed E-state index contributed by atoms with van der Waals surface area (Å²) >= 11 is 6.03. The molecule has 0 aliphatic carbocycles. The van der Waals surface area contributed by atoms with Gasteiger partial charge in [-0.1, -0.05) is 29.8 Å². The van der Waals surface area contributed by atoms with Crippen molar-refractivity contribution in [2.45, 2.75) is 25.6 Å². The quantitative estimate of drug-likeness (QED) is 0.674. The molecular weight excluding hydrogens is 403 g/mol. The number of nitrogens with one attached hydrogen (secondary N) is 2. The molecule has 2 amide bonds. The van der Waals surface area contributed by atoms with Crippen molar-refractivity contribution < 1.29 is 18.0 Å². The lowest BCUT2D eigenvalue weighted by molar-refractivity contribution is -0.137. The summed E-state index contributed by atoms with van der Waals surface area (Å²) in [5, 5.41) is 5.96. The first kappa shape index (κ1) is 21.5. The molecule has 2 N–H and O–H groups in total. The molecule has 0 aromatic heterocycles. The van der Waals surface area contributed by atoms with Crippen molar-refractivity contribution in [1.29, 1.82) is 0 Å². The molecule has 1 heterocycles. The van der Waals surface area contributed by atoms with Crippen LogP contribution >= 0.6 is 11.6 Å². The second-order valence-corrected chi connectivity index (χ2v) is 7.70. The first-order valence-corrected chi connectivity index (χ1v) is 9.86. The normalized spacial score (nSPS) is 15.9. The largest absolute Gasteiger partial charge is 0.416 e. The molecule has 1 saturated heterocycles. The van der Waals surface area contributed by atoms with Gasteiger partial charge in [0.05, 0.1) is 5.56 Å². The predicted molar refractivity (Wildman–Crippen MR) is 108 cm³/mol. The van der Waals surface area contributed by atoms with Crippen LogP contribution in [0.2, 0.25) is 5.02 Å². The third-order valence-electron chi connectivity index (χ3n) is 5.00. The van der Waals surface area contributed by atoms with E-state index in [1.54, 1.807) is 0 Å². The molecule has 1 fully saturated rings. The fourth-order valence-corrected chi connectivity index (χ4v) is 3.64. The zero-order valence-corrected chi connectivity index (χ0v) is 16.6. The van der Waals surface area contributed by atoms with Crippen molar-refractivity contribution in [3.8, 4) is 0 Å². The summed E-state index contributed by atoms with van der Waals surface area (Å²) in [4.78, 5) is 14.4. The lowest BCUT2D eigenvalue weighted by atomic mass is 9.96. The van der Waals surface area contributed by atoms with Crippen molar-refractivity contribution in [2.75, 3.05) is 25.0 Å². The number of likely N-dealkylation sites (tertiary alicyclic amines) is 1. The molecule has 0 spiro atoms. The van der Waals surface area contributed by atoms with Gasteiger partial charge in [0.2, 0.25) is 0 Å². The number of benzene rings is 2. The van der Waals surface area contributed by atoms with E-state index in [9.17, 15) is 18.0 Å². The molecule has 2 aromatic rings. The summed E-state index contributed by atoms with van der Waals surface area (Å²) in [6.07, 6.45) is -2.54. The summed E-state index contributed by atoms with van der Waals surface area (Å²) in [5.41, 5.74) is 0.505. The minimum absolute atomic E-state index is 0.119. The van der Waals surface area contributed by atoms with Crippen molar-refractivity contribution in [2.24, 2.45) is 5.92 Å². The fourth-order valence-electron chi connectivity index (χ4n) is 3.43. The molecule has 0 saturated carbocycles. The number of alkyl halides is 3. The molecular formula is C21H23ClF3N3O. The maximum absolute atomic E-state index is 12.7. The molecule has 0 unspecified atom stereocenters. The van der Waals surface area contributed by atoms with Gasteiger partial charge in [-0.05, 0) is 67.7 Å². The van der Waals surface area contributed by atoms with Crippen LogP contribution in [0.5, 0.6) is 0 Å². The topological polar surface area (TPSA) is 44.4 Å². The first-order valence-electron chi connectivity index (χ1n) is 9.48. The number of rotatable bonds is 5. The highest BCUT2D eigenvalue weighted by Crippen LogP contribution is 2.30. The number of anilines is 1. The number of nitrogens with zero attached hydrogens (tertiary/aromatic N) is 1. The maximum atomic E-state index is 12.7. The minimum Gasteiger partial charge on any atom is -0.338 e. The van der Waals surface area contributed by atoms with Crippen molar-refractivity contribution >= 4 is 23.3 Å². The summed E-state index contributed by atoms with van der Waals surface area (Å²) < 4.78 is 38.2. The molecule has 0 radical (unpaired) electrons. The Morgan fingerprint density at radius 3 is 2.52 bits per heavy atom. The summed E-state index contributed by atoms with van der Waals surface area (Å²) in [7, 11) is 0. The molecule has 2 aromatic carbocycles. The van der Waals surface area contributed by atoms with Gasteiger partial charge in [-0.15, -0.1) is 0 Å². The molecule has 1 aliphatic rings. The minimum atomic E-state index is -4.44. The van der Waals surface area contributed by atoms with Crippen molar-refractivity contribution in [1.82, 2.24) is 10.2 Å². The van der Waals surface area contributed by atoms with Crippen LogP contribution < -0.4 is 10.6 Å². The van der Waals surface area contributed by atoms with Crippen molar-refractivity contribution in [3.05, 3.63) is 64.7 Å². The summed E-state index contributed by atoms with van der Waals surface area (Å²) in [6, 6.07) is 11.9. The number of carbonyl (C=O) groups excluding carboxylic acids is 1. The number of hydrogen-bond donors (Lipinski definition) is 2.